The van der Waals surface area contributed by atoms with Crippen molar-refractivity contribution in [3.05, 3.63) is 76.2 Å². The number of anilines is 1. The van der Waals surface area contributed by atoms with Gasteiger partial charge >= 0.3 is 0 Å². The zero-order chi connectivity index (χ0) is 25.1. The lowest BCUT2D eigenvalue weighted by Crippen LogP contribution is -2.48. The molecule has 36 heavy (non-hydrogen) atoms. The van der Waals surface area contributed by atoms with E-state index < -0.39 is 0 Å². The SMILES string of the molecule is COc1ccc(CNC(=O)c2cc3c(=O)n4ccccc4nc3[n+](CCN3CCOCC3)c2N)cc1. The Labute approximate surface area is 207 Å². The third-order valence-corrected chi connectivity index (χ3v) is 6.46. The predicted octanol–water partition coefficient (Wildman–Crippen LogP) is 0.988. The number of nitrogen functional groups attached to an aromatic ring is 1. The maximum Gasteiger partial charge on any atom is 0.278 e. The van der Waals surface area contributed by atoms with Crippen LogP contribution in [0, 0.1) is 0 Å². The summed E-state index contributed by atoms with van der Waals surface area (Å²) < 4.78 is 13.9. The minimum absolute atomic E-state index is 0.243. The monoisotopic (exact) mass is 489 g/mol. The molecular weight excluding hydrogens is 460 g/mol. The van der Waals surface area contributed by atoms with E-state index in [2.05, 4.69) is 10.2 Å². The maximum absolute atomic E-state index is 13.4. The molecule has 1 aliphatic heterocycles. The van der Waals surface area contributed by atoms with E-state index in [1.165, 1.54) is 4.40 Å². The highest BCUT2D eigenvalue weighted by Gasteiger charge is 2.25. The fraction of sp³-hybridized carbons (Fsp3) is 0.308. The summed E-state index contributed by atoms with van der Waals surface area (Å²) in [5, 5.41) is 3.26. The normalized spacial score (nSPS) is 14.2. The number of hydrogen-bond donors (Lipinski definition) is 2. The molecule has 5 rings (SSSR count). The summed E-state index contributed by atoms with van der Waals surface area (Å²) in [6.45, 7) is 4.48. The third-order valence-electron chi connectivity index (χ3n) is 6.46. The van der Waals surface area contributed by atoms with Gasteiger partial charge in [-0.2, -0.15) is 0 Å². The molecule has 1 saturated heterocycles. The lowest BCUT2D eigenvalue weighted by molar-refractivity contribution is -0.658. The van der Waals surface area contributed by atoms with E-state index in [9.17, 15) is 9.59 Å². The molecule has 0 bridgehead atoms. The van der Waals surface area contributed by atoms with Gasteiger partial charge in [-0.05, 0) is 35.9 Å². The standard InChI is InChI=1S/C26H28N6O4/c1-35-19-7-5-18(6-8-19)17-28-25(33)20-16-21-24(29-22-4-2-3-9-31(22)26(21)34)32(23(20)27)11-10-30-12-14-36-15-13-30/h2-9,16,27H,10-15,17H2,1H3,(H,28,33)/p+1. The highest BCUT2D eigenvalue weighted by molar-refractivity contribution is 6.00. The number of pyridine rings is 2. The summed E-state index contributed by atoms with van der Waals surface area (Å²) in [4.78, 5) is 33.6. The highest BCUT2D eigenvalue weighted by atomic mass is 16.5. The zero-order valence-corrected chi connectivity index (χ0v) is 20.1. The van der Waals surface area contributed by atoms with Crippen molar-refractivity contribution in [1.82, 2.24) is 19.6 Å². The van der Waals surface area contributed by atoms with Gasteiger partial charge in [-0.25, -0.2) is 4.57 Å². The van der Waals surface area contributed by atoms with Crippen molar-refractivity contribution in [2.75, 3.05) is 45.7 Å². The number of nitrogens with zero attached hydrogens (tertiary/aromatic N) is 4. The quantitative estimate of drug-likeness (QED) is 0.294. The molecule has 0 saturated carbocycles. The van der Waals surface area contributed by atoms with Crippen molar-refractivity contribution in [3.63, 3.8) is 0 Å². The molecule has 1 fully saturated rings. The first kappa shape index (κ1) is 23.7. The van der Waals surface area contributed by atoms with E-state index in [1.54, 1.807) is 36.1 Å². The number of amides is 1. The summed E-state index contributed by atoms with van der Waals surface area (Å²) in [6, 6.07) is 14.4. The van der Waals surface area contributed by atoms with Crippen LogP contribution >= 0.6 is 0 Å². The predicted molar refractivity (Wildman–Crippen MR) is 135 cm³/mol. The van der Waals surface area contributed by atoms with Crippen molar-refractivity contribution >= 4 is 28.4 Å². The van der Waals surface area contributed by atoms with Gasteiger partial charge in [0.05, 0.1) is 26.9 Å². The van der Waals surface area contributed by atoms with Gasteiger partial charge in [0, 0.05) is 32.4 Å². The van der Waals surface area contributed by atoms with E-state index in [1.807, 2.05) is 30.3 Å². The number of hydrogen-bond acceptors (Lipinski definition) is 7. The number of methoxy groups -OCH3 is 1. The molecule has 0 unspecified atom stereocenters. The number of benzene rings is 1. The molecule has 10 heteroatoms. The van der Waals surface area contributed by atoms with Crippen molar-refractivity contribution in [2.45, 2.75) is 13.1 Å². The Morgan fingerprint density at radius 2 is 1.97 bits per heavy atom. The van der Waals surface area contributed by atoms with Gasteiger partial charge in [0.1, 0.15) is 16.7 Å². The van der Waals surface area contributed by atoms with Crippen LogP contribution in [0.1, 0.15) is 15.9 Å². The third kappa shape index (κ3) is 4.73. The topological polar surface area (TPSA) is 115 Å². The van der Waals surface area contributed by atoms with Crippen molar-refractivity contribution in [2.24, 2.45) is 0 Å². The van der Waals surface area contributed by atoms with E-state index in [0.29, 0.717) is 49.5 Å². The van der Waals surface area contributed by atoms with Gasteiger partial charge < -0.3 is 20.5 Å². The Hall–Kier alpha value is -4.02. The van der Waals surface area contributed by atoms with Crippen molar-refractivity contribution in [1.29, 1.82) is 0 Å². The Morgan fingerprint density at radius 1 is 1.19 bits per heavy atom. The number of carbonyl (C=O) groups is 1. The van der Waals surface area contributed by atoms with E-state index in [0.717, 1.165) is 24.4 Å². The number of nitrogens with one attached hydrogen (secondary N) is 1. The maximum atomic E-state index is 13.4. The first-order valence-corrected chi connectivity index (χ1v) is 11.9. The van der Waals surface area contributed by atoms with Gasteiger partial charge in [-0.15, -0.1) is 0 Å². The van der Waals surface area contributed by atoms with E-state index in [-0.39, 0.29) is 22.8 Å². The number of rotatable bonds is 7. The van der Waals surface area contributed by atoms with Crippen molar-refractivity contribution < 1.29 is 18.8 Å². The first-order valence-electron chi connectivity index (χ1n) is 11.9. The molecule has 0 radical (unpaired) electrons. The fourth-order valence-corrected chi connectivity index (χ4v) is 4.40. The molecule has 0 aliphatic carbocycles. The number of aromatic nitrogens is 3. The van der Waals surface area contributed by atoms with Crippen LogP contribution in [0.25, 0.3) is 16.7 Å². The number of carbonyl (C=O) groups excluding carboxylic acids is 1. The number of ether oxygens (including phenoxy) is 2. The molecule has 0 spiro atoms. The van der Waals surface area contributed by atoms with Gasteiger partial charge in [0.25, 0.3) is 17.1 Å². The van der Waals surface area contributed by atoms with Crippen molar-refractivity contribution in [3.8, 4) is 5.75 Å². The van der Waals surface area contributed by atoms with Crippen LogP contribution in [-0.2, 0) is 17.8 Å². The number of fused-ring (bicyclic) bond motifs is 2. The highest BCUT2D eigenvalue weighted by Crippen LogP contribution is 2.16. The van der Waals surface area contributed by atoms with Gasteiger partial charge in [0.2, 0.25) is 11.5 Å². The Kier molecular flexibility index (Phi) is 6.79. The Bertz CT molecular complexity index is 1460. The van der Waals surface area contributed by atoms with E-state index >= 15 is 0 Å². The average Bonchev–Trinajstić information content (AvgIpc) is 2.92. The van der Waals surface area contributed by atoms with Gasteiger partial charge in [-0.3, -0.25) is 18.9 Å². The van der Waals surface area contributed by atoms with E-state index in [4.69, 9.17) is 20.2 Å². The minimum Gasteiger partial charge on any atom is -0.497 e. The number of morpholine rings is 1. The molecular formula is C26H29N6O4+. The van der Waals surface area contributed by atoms with Crippen LogP contribution < -0.4 is 25.9 Å². The molecule has 186 valence electrons. The molecule has 4 heterocycles. The van der Waals surface area contributed by atoms with Crippen LogP contribution in [0.15, 0.2) is 59.5 Å². The Morgan fingerprint density at radius 3 is 2.72 bits per heavy atom. The van der Waals surface area contributed by atoms with Gasteiger partial charge in [0.15, 0.2) is 0 Å². The van der Waals surface area contributed by atoms with Crippen LogP contribution in [0.5, 0.6) is 5.75 Å². The average molecular weight is 490 g/mol. The summed E-state index contributed by atoms with van der Waals surface area (Å²) in [6.07, 6.45) is 1.67. The summed E-state index contributed by atoms with van der Waals surface area (Å²) in [5.74, 6) is 0.656. The second-order valence-corrected chi connectivity index (χ2v) is 8.66. The summed E-state index contributed by atoms with van der Waals surface area (Å²) in [7, 11) is 1.61. The molecule has 1 aromatic carbocycles. The lowest BCUT2D eigenvalue weighted by Gasteiger charge is -2.26. The van der Waals surface area contributed by atoms with Crippen LogP contribution in [0.2, 0.25) is 0 Å². The fourth-order valence-electron chi connectivity index (χ4n) is 4.40. The summed E-state index contributed by atoms with van der Waals surface area (Å²) >= 11 is 0. The van der Waals surface area contributed by atoms with Crippen LogP contribution in [-0.4, -0.2) is 60.1 Å². The van der Waals surface area contributed by atoms with Crippen LogP contribution in [0.3, 0.4) is 0 Å². The molecule has 0 atom stereocenters. The molecule has 1 aliphatic rings. The number of nitrogens with two attached hydrogens (primary N) is 1. The lowest BCUT2D eigenvalue weighted by atomic mass is 10.1. The largest absolute Gasteiger partial charge is 0.497 e. The second kappa shape index (κ2) is 10.3. The minimum atomic E-state index is -0.358. The molecule has 4 aromatic rings. The van der Waals surface area contributed by atoms with Gasteiger partial charge in [-0.1, -0.05) is 23.2 Å². The molecule has 3 aromatic heterocycles. The molecule has 10 nitrogen and oxygen atoms in total. The second-order valence-electron chi connectivity index (χ2n) is 8.66. The molecule has 3 N–H and O–H groups in total. The van der Waals surface area contributed by atoms with Crippen LogP contribution in [0.4, 0.5) is 5.82 Å². The first-order chi connectivity index (χ1) is 17.5. The zero-order valence-electron chi connectivity index (χ0n) is 20.1. The smallest absolute Gasteiger partial charge is 0.278 e. The molecule has 1 amide bonds. The Balaban J connectivity index is 1.52. The summed E-state index contributed by atoms with van der Waals surface area (Å²) in [5.41, 5.74) is 8.45.